The molecule has 1 aromatic rings. The Labute approximate surface area is 181 Å². The zero-order valence-corrected chi connectivity index (χ0v) is 19.5. The molecular formula is C24H38O5S. The molecule has 5 nitrogen and oxygen atoms in total. The number of fused-ring (bicyclic) bond motifs is 1. The lowest BCUT2D eigenvalue weighted by Crippen LogP contribution is -2.47. The van der Waals surface area contributed by atoms with Crippen molar-refractivity contribution in [2.24, 2.45) is 23.2 Å². The highest BCUT2D eigenvalue weighted by molar-refractivity contribution is 7.92. The largest absolute Gasteiger partial charge is 0.393 e. The summed E-state index contributed by atoms with van der Waals surface area (Å²) >= 11 is 0. The molecule has 1 aromatic carbocycles. The van der Waals surface area contributed by atoms with Gasteiger partial charge in [0.1, 0.15) is 0 Å². The number of aliphatic hydroxyl groups is 3. The summed E-state index contributed by atoms with van der Waals surface area (Å²) in [5.74, 6) is 0.153. The summed E-state index contributed by atoms with van der Waals surface area (Å²) < 4.78 is 27.4. The van der Waals surface area contributed by atoms with Gasteiger partial charge in [-0.3, -0.25) is 0 Å². The Hall–Kier alpha value is -0.950. The van der Waals surface area contributed by atoms with Crippen molar-refractivity contribution < 1.29 is 23.7 Å². The zero-order valence-electron chi connectivity index (χ0n) is 18.7. The van der Waals surface area contributed by atoms with Crippen molar-refractivity contribution in [3.63, 3.8) is 0 Å². The van der Waals surface area contributed by atoms with Gasteiger partial charge in [-0.15, -0.1) is 0 Å². The average Bonchev–Trinajstić information content (AvgIpc) is 3.03. The van der Waals surface area contributed by atoms with Crippen molar-refractivity contribution in [3.8, 4) is 0 Å². The average molecular weight is 439 g/mol. The van der Waals surface area contributed by atoms with E-state index in [-0.39, 0.29) is 40.6 Å². The number of rotatable bonds is 7. The van der Waals surface area contributed by atoms with Crippen molar-refractivity contribution in [1.29, 1.82) is 0 Å². The maximum absolute atomic E-state index is 13.7. The molecule has 30 heavy (non-hydrogen) atoms. The Morgan fingerprint density at radius 1 is 1.17 bits per heavy atom. The molecule has 2 fully saturated rings. The van der Waals surface area contributed by atoms with Gasteiger partial charge in [-0.1, -0.05) is 38.5 Å². The summed E-state index contributed by atoms with van der Waals surface area (Å²) in [7, 11) is -3.70. The fraction of sp³-hybridized carbons (Fsp3) is 0.750. The smallest absolute Gasteiger partial charge is 0.181 e. The third-order valence-corrected chi connectivity index (χ3v) is 10.5. The minimum atomic E-state index is -3.70. The predicted octanol–water partition coefficient (Wildman–Crippen LogP) is 3.56. The lowest BCUT2D eigenvalue weighted by Gasteiger charge is -2.46. The SMILES string of the molecule is C[C@H](C(C[C@@H](O)C(C)(C)O)S(=O)(=O)c1ccccc1)[C@H]1CC[C@H]2[C@@H](O)CCC[C@]12C. The van der Waals surface area contributed by atoms with E-state index in [1.54, 1.807) is 30.3 Å². The van der Waals surface area contributed by atoms with Crippen molar-refractivity contribution in [2.45, 2.75) is 94.2 Å². The molecule has 170 valence electrons. The Morgan fingerprint density at radius 2 is 1.80 bits per heavy atom. The molecule has 0 amide bonds. The molecule has 3 rings (SSSR count). The molecule has 0 spiro atoms. The lowest BCUT2D eigenvalue weighted by molar-refractivity contribution is -0.0574. The molecule has 1 unspecified atom stereocenters. The van der Waals surface area contributed by atoms with Crippen LogP contribution in [0.25, 0.3) is 0 Å². The number of hydrogen-bond acceptors (Lipinski definition) is 5. The fourth-order valence-corrected chi connectivity index (χ4v) is 8.31. The van der Waals surface area contributed by atoms with Crippen molar-refractivity contribution in [3.05, 3.63) is 30.3 Å². The molecule has 0 aromatic heterocycles. The van der Waals surface area contributed by atoms with Gasteiger partial charge < -0.3 is 15.3 Å². The summed E-state index contributed by atoms with van der Waals surface area (Å²) in [5, 5.41) is 30.7. The van der Waals surface area contributed by atoms with Gasteiger partial charge in [0.2, 0.25) is 0 Å². The molecule has 0 radical (unpaired) electrons. The van der Waals surface area contributed by atoms with Crippen LogP contribution < -0.4 is 0 Å². The molecular weight excluding hydrogens is 400 g/mol. The molecule has 0 aliphatic heterocycles. The molecule has 0 saturated heterocycles. The highest BCUT2D eigenvalue weighted by Crippen LogP contribution is 2.58. The number of hydrogen-bond donors (Lipinski definition) is 3. The van der Waals surface area contributed by atoms with Gasteiger partial charge in [0, 0.05) is 0 Å². The Bertz CT molecular complexity index is 816. The first-order chi connectivity index (χ1) is 13.9. The summed E-state index contributed by atoms with van der Waals surface area (Å²) in [6.07, 6.45) is 3.11. The van der Waals surface area contributed by atoms with Gasteiger partial charge in [-0.2, -0.15) is 0 Å². The zero-order chi connectivity index (χ0) is 22.3. The molecule has 6 heteroatoms. The second-order valence-electron chi connectivity index (χ2n) is 10.4. The Morgan fingerprint density at radius 3 is 2.40 bits per heavy atom. The van der Waals surface area contributed by atoms with E-state index < -0.39 is 26.8 Å². The first-order valence-corrected chi connectivity index (χ1v) is 12.8. The van der Waals surface area contributed by atoms with Crippen LogP contribution in [0.15, 0.2) is 35.2 Å². The summed E-state index contributed by atoms with van der Waals surface area (Å²) in [5.41, 5.74) is -1.48. The fourth-order valence-electron chi connectivity index (χ4n) is 6.23. The first-order valence-electron chi connectivity index (χ1n) is 11.3. The molecule has 2 aliphatic rings. The minimum Gasteiger partial charge on any atom is -0.393 e. The van der Waals surface area contributed by atoms with E-state index >= 15 is 0 Å². The van der Waals surface area contributed by atoms with Crippen LogP contribution in [0, 0.1) is 23.2 Å². The summed E-state index contributed by atoms with van der Waals surface area (Å²) in [4.78, 5) is 0.258. The van der Waals surface area contributed by atoms with Gasteiger partial charge in [-0.05, 0) is 81.3 Å². The third-order valence-electron chi connectivity index (χ3n) is 8.13. The number of aliphatic hydroxyl groups excluding tert-OH is 2. The van der Waals surface area contributed by atoms with Crippen molar-refractivity contribution in [1.82, 2.24) is 0 Å². The van der Waals surface area contributed by atoms with Crippen LogP contribution >= 0.6 is 0 Å². The monoisotopic (exact) mass is 438 g/mol. The topological polar surface area (TPSA) is 94.8 Å². The Balaban J connectivity index is 1.98. The molecule has 2 aliphatic carbocycles. The standard InChI is InChI=1S/C24H38O5S/c1-16(18-12-13-19-20(25)11-8-14-24(18,19)4)21(15-22(26)23(2,3)27)30(28,29)17-9-6-5-7-10-17/h5-7,9-10,16,18-22,25-27H,8,11-15H2,1-4H3/t16-,18+,19-,20-,21?,22+,24+/m0/s1. The third kappa shape index (κ3) is 4.34. The van der Waals surface area contributed by atoms with E-state index in [1.165, 1.54) is 13.8 Å². The van der Waals surface area contributed by atoms with Gasteiger partial charge in [-0.25, -0.2) is 8.42 Å². The van der Waals surface area contributed by atoms with Crippen LogP contribution in [-0.4, -0.2) is 46.8 Å². The van der Waals surface area contributed by atoms with E-state index in [4.69, 9.17) is 0 Å². The minimum absolute atomic E-state index is 0.0122. The van der Waals surface area contributed by atoms with Gasteiger partial charge in [0.05, 0.1) is 28.0 Å². The van der Waals surface area contributed by atoms with Gasteiger partial charge >= 0.3 is 0 Å². The van der Waals surface area contributed by atoms with Crippen LogP contribution in [0.4, 0.5) is 0 Å². The predicted molar refractivity (Wildman–Crippen MR) is 118 cm³/mol. The maximum atomic E-state index is 13.7. The van der Waals surface area contributed by atoms with Crippen LogP contribution in [0.3, 0.4) is 0 Å². The van der Waals surface area contributed by atoms with Gasteiger partial charge in [0.15, 0.2) is 9.84 Å². The molecule has 2 saturated carbocycles. The normalized spacial score (nSPS) is 33.0. The Kier molecular flexibility index (Phi) is 6.74. The van der Waals surface area contributed by atoms with Crippen LogP contribution in [0.1, 0.15) is 66.2 Å². The highest BCUT2D eigenvalue weighted by atomic mass is 32.2. The second kappa shape index (κ2) is 8.53. The van der Waals surface area contributed by atoms with E-state index in [0.29, 0.717) is 0 Å². The summed E-state index contributed by atoms with van der Waals surface area (Å²) in [6.45, 7) is 7.23. The van der Waals surface area contributed by atoms with Gasteiger partial charge in [0.25, 0.3) is 0 Å². The van der Waals surface area contributed by atoms with Crippen molar-refractivity contribution in [2.75, 3.05) is 0 Å². The lowest BCUT2D eigenvalue weighted by atomic mass is 9.61. The van der Waals surface area contributed by atoms with E-state index in [9.17, 15) is 23.7 Å². The van der Waals surface area contributed by atoms with E-state index in [1.807, 2.05) is 6.92 Å². The number of benzene rings is 1. The van der Waals surface area contributed by atoms with E-state index in [2.05, 4.69) is 6.92 Å². The second-order valence-corrected chi connectivity index (χ2v) is 12.6. The molecule has 3 N–H and O–H groups in total. The van der Waals surface area contributed by atoms with Crippen LogP contribution in [0.2, 0.25) is 0 Å². The van der Waals surface area contributed by atoms with Crippen LogP contribution in [-0.2, 0) is 9.84 Å². The molecule has 7 atom stereocenters. The van der Waals surface area contributed by atoms with Crippen LogP contribution in [0.5, 0.6) is 0 Å². The van der Waals surface area contributed by atoms with Crippen molar-refractivity contribution >= 4 is 9.84 Å². The maximum Gasteiger partial charge on any atom is 0.181 e. The molecule has 0 heterocycles. The number of sulfone groups is 1. The quantitative estimate of drug-likeness (QED) is 0.605. The summed E-state index contributed by atoms with van der Waals surface area (Å²) in [6, 6.07) is 8.43. The molecule has 0 bridgehead atoms. The first kappa shape index (κ1) is 23.7. The van der Waals surface area contributed by atoms with E-state index in [0.717, 1.165) is 32.1 Å². The highest BCUT2D eigenvalue weighted by Gasteiger charge is 2.54.